The van der Waals surface area contributed by atoms with Crippen molar-refractivity contribution in [3.63, 3.8) is 0 Å². The minimum atomic E-state index is -5.02. The van der Waals surface area contributed by atoms with Gasteiger partial charge in [-0.05, 0) is 41.8 Å². The molecule has 25 heavy (non-hydrogen) atoms. The van der Waals surface area contributed by atoms with Crippen molar-refractivity contribution >= 4 is 5.91 Å². The van der Waals surface area contributed by atoms with Crippen LogP contribution >= 0.6 is 0 Å². The number of benzene rings is 2. The Labute approximate surface area is 141 Å². The van der Waals surface area contributed by atoms with Gasteiger partial charge >= 0.3 is 12.1 Å². The minimum absolute atomic E-state index is 0.0501. The Morgan fingerprint density at radius 3 is 2.28 bits per heavy atom. The lowest BCUT2D eigenvalue weighted by molar-refractivity contribution is -0.186. The highest BCUT2D eigenvalue weighted by Gasteiger charge is 2.42. The van der Waals surface area contributed by atoms with Crippen LogP contribution in [0.2, 0.25) is 0 Å². The molecule has 0 unspecified atom stereocenters. The maximum absolute atomic E-state index is 12.8. The lowest BCUT2D eigenvalue weighted by atomic mass is 10.1. The molecule has 0 fully saturated rings. The summed E-state index contributed by atoms with van der Waals surface area (Å²) in [6.45, 7) is -0.574. The monoisotopic (exact) mass is 355 g/mol. The molecule has 5 nitrogen and oxygen atoms in total. The number of carbonyl (C=O) groups excluding carboxylic acids is 1. The van der Waals surface area contributed by atoms with Crippen LogP contribution in [0.5, 0.6) is 17.2 Å². The predicted molar refractivity (Wildman–Crippen MR) is 83.1 cm³/mol. The molecule has 0 spiro atoms. The average molecular weight is 355 g/mol. The van der Waals surface area contributed by atoms with Gasteiger partial charge in [-0.15, -0.1) is 0 Å². The fourth-order valence-corrected chi connectivity index (χ4v) is 2.30. The second-order valence-electron chi connectivity index (χ2n) is 5.47. The topological polar surface area (TPSA) is 81.0 Å². The molecule has 0 saturated heterocycles. The van der Waals surface area contributed by atoms with Crippen LogP contribution in [0.1, 0.15) is 11.1 Å². The summed E-state index contributed by atoms with van der Waals surface area (Å²) in [5.74, 6) is -2.83. The summed E-state index contributed by atoms with van der Waals surface area (Å²) >= 11 is 0. The van der Waals surface area contributed by atoms with Gasteiger partial charge in [-0.1, -0.05) is 18.2 Å². The molecule has 2 aromatic rings. The van der Waals surface area contributed by atoms with Gasteiger partial charge in [0, 0.05) is 13.1 Å². The van der Waals surface area contributed by atoms with Crippen LogP contribution in [0.15, 0.2) is 42.5 Å². The van der Waals surface area contributed by atoms with Crippen molar-refractivity contribution in [2.24, 2.45) is 0 Å². The van der Waals surface area contributed by atoms with E-state index in [1.165, 1.54) is 42.5 Å². The quantitative estimate of drug-likeness (QED) is 0.721. The molecular formula is C17H16F3NO4. The summed E-state index contributed by atoms with van der Waals surface area (Å²) in [6, 6.07) is 9.51. The summed E-state index contributed by atoms with van der Waals surface area (Å²) < 4.78 is 38.4. The summed E-state index contributed by atoms with van der Waals surface area (Å²) in [7, 11) is 0. The van der Waals surface area contributed by atoms with Crippen LogP contribution in [0.3, 0.4) is 0 Å². The zero-order valence-electron chi connectivity index (χ0n) is 13.0. The third kappa shape index (κ3) is 5.03. The lowest BCUT2D eigenvalue weighted by Gasteiger charge is -2.24. The molecule has 1 amide bonds. The van der Waals surface area contributed by atoms with Crippen molar-refractivity contribution < 1.29 is 33.3 Å². The summed E-state index contributed by atoms with van der Waals surface area (Å²) in [5, 5.41) is 28.1. The van der Waals surface area contributed by atoms with Gasteiger partial charge in [-0.2, -0.15) is 13.2 Å². The van der Waals surface area contributed by atoms with Gasteiger partial charge in [0.1, 0.15) is 5.75 Å². The summed E-state index contributed by atoms with van der Waals surface area (Å²) in [5.41, 5.74) is 0.817. The molecule has 0 aliphatic rings. The molecule has 0 bridgehead atoms. The van der Waals surface area contributed by atoms with Crippen LogP contribution in [0.4, 0.5) is 13.2 Å². The number of nitrogens with zero attached hydrogens (tertiary/aromatic N) is 1. The summed E-state index contributed by atoms with van der Waals surface area (Å²) in [4.78, 5) is 12.3. The molecular weight excluding hydrogens is 339 g/mol. The van der Waals surface area contributed by atoms with E-state index in [-0.39, 0.29) is 36.8 Å². The Morgan fingerprint density at radius 1 is 0.960 bits per heavy atom. The van der Waals surface area contributed by atoms with Crippen molar-refractivity contribution in [1.29, 1.82) is 0 Å². The number of phenols is 3. The van der Waals surface area contributed by atoms with Crippen molar-refractivity contribution in [2.75, 3.05) is 6.54 Å². The van der Waals surface area contributed by atoms with E-state index in [2.05, 4.69) is 0 Å². The van der Waals surface area contributed by atoms with Gasteiger partial charge in [0.25, 0.3) is 0 Å². The molecule has 0 aromatic heterocycles. The van der Waals surface area contributed by atoms with Gasteiger partial charge in [0.15, 0.2) is 11.5 Å². The van der Waals surface area contributed by atoms with E-state index >= 15 is 0 Å². The van der Waals surface area contributed by atoms with E-state index in [1.807, 2.05) is 0 Å². The highest BCUT2D eigenvalue weighted by atomic mass is 19.4. The fourth-order valence-electron chi connectivity index (χ4n) is 2.30. The first kappa shape index (κ1) is 18.4. The number of hydrogen-bond donors (Lipinski definition) is 3. The molecule has 3 N–H and O–H groups in total. The zero-order chi connectivity index (χ0) is 18.6. The Balaban J connectivity index is 2.16. The SMILES string of the molecule is O=C(N(CCc1ccc(O)c(O)c1)Cc1cccc(O)c1)C(F)(F)F. The predicted octanol–water partition coefficient (Wildman–Crippen LogP) is 2.94. The standard InChI is InChI=1S/C17H16F3NO4/c18-17(19,20)16(25)21(10-12-2-1-3-13(22)8-12)7-6-11-4-5-14(23)15(24)9-11/h1-5,8-9,22-24H,6-7,10H2. The lowest BCUT2D eigenvalue weighted by Crippen LogP contribution is -2.41. The number of phenolic OH excluding ortho intramolecular Hbond substituents is 3. The minimum Gasteiger partial charge on any atom is -0.508 e. The molecule has 2 aromatic carbocycles. The first-order valence-corrected chi connectivity index (χ1v) is 7.31. The second-order valence-corrected chi connectivity index (χ2v) is 5.47. The van der Waals surface area contributed by atoms with E-state index in [1.54, 1.807) is 0 Å². The van der Waals surface area contributed by atoms with E-state index in [4.69, 9.17) is 0 Å². The van der Waals surface area contributed by atoms with E-state index in [0.29, 0.717) is 16.0 Å². The van der Waals surface area contributed by atoms with Crippen molar-refractivity contribution in [2.45, 2.75) is 19.1 Å². The first-order valence-electron chi connectivity index (χ1n) is 7.31. The van der Waals surface area contributed by atoms with Gasteiger partial charge in [0.05, 0.1) is 0 Å². The van der Waals surface area contributed by atoms with E-state index in [0.717, 1.165) is 0 Å². The second kappa shape index (κ2) is 7.33. The number of alkyl halides is 3. The Morgan fingerprint density at radius 2 is 1.68 bits per heavy atom. The molecule has 0 saturated carbocycles. The number of rotatable bonds is 5. The highest BCUT2D eigenvalue weighted by molar-refractivity contribution is 5.81. The number of carbonyl (C=O) groups is 1. The Hall–Kier alpha value is -2.90. The molecule has 0 aliphatic carbocycles. The van der Waals surface area contributed by atoms with Crippen LogP contribution in [-0.4, -0.2) is 38.8 Å². The Kier molecular flexibility index (Phi) is 5.41. The number of aromatic hydroxyl groups is 3. The maximum Gasteiger partial charge on any atom is 0.471 e. The first-order chi connectivity index (χ1) is 11.7. The molecule has 134 valence electrons. The van der Waals surface area contributed by atoms with Crippen LogP contribution in [0, 0.1) is 0 Å². The molecule has 0 aliphatic heterocycles. The van der Waals surface area contributed by atoms with Gasteiger partial charge < -0.3 is 20.2 Å². The largest absolute Gasteiger partial charge is 0.508 e. The average Bonchev–Trinajstić information content (AvgIpc) is 2.53. The molecule has 0 radical (unpaired) electrons. The van der Waals surface area contributed by atoms with Crippen LogP contribution < -0.4 is 0 Å². The van der Waals surface area contributed by atoms with Crippen molar-refractivity contribution in [3.05, 3.63) is 53.6 Å². The van der Waals surface area contributed by atoms with Gasteiger partial charge in [-0.3, -0.25) is 4.79 Å². The third-order valence-electron chi connectivity index (χ3n) is 3.52. The van der Waals surface area contributed by atoms with Crippen LogP contribution in [0.25, 0.3) is 0 Å². The van der Waals surface area contributed by atoms with Gasteiger partial charge in [0.2, 0.25) is 0 Å². The van der Waals surface area contributed by atoms with E-state index < -0.39 is 12.1 Å². The number of amides is 1. The number of hydrogen-bond acceptors (Lipinski definition) is 4. The number of halogens is 3. The normalized spacial score (nSPS) is 11.3. The van der Waals surface area contributed by atoms with Gasteiger partial charge in [-0.25, -0.2) is 0 Å². The van der Waals surface area contributed by atoms with Crippen molar-refractivity contribution in [1.82, 2.24) is 4.90 Å². The van der Waals surface area contributed by atoms with Crippen molar-refractivity contribution in [3.8, 4) is 17.2 Å². The molecule has 8 heteroatoms. The fraction of sp³-hybridized carbons (Fsp3) is 0.235. The Bertz CT molecular complexity index is 762. The third-order valence-corrected chi connectivity index (χ3v) is 3.52. The molecule has 0 atom stereocenters. The summed E-state index contributed by atoms with van der Waals surface area (Å²) in [6.07, 6.45) is -4.97. The van der Waals surface area contributed by atoms with Crippen LogP contribution in [-0.2, 0) is 17.8 Å². The van der Waals surface area contributed by atoms with E-state index in [9.17, 15) is 33.3 Å². The highest BCUT2D eigenvalue weighted by Crippen LogP contribution is 2.26. The molecule has 2 rings (SSSR count). The maximum atomic E-state index is 12.8. The zero-order valence-corrected chi connectivity index (χ0v) is 13.0. The smallest absolute Gasteiger partial charge is 0.471 e. The molecule has 0 heterocycles.